The summed E-state index contributed by atoms with van der Waals surface area (Å²) < 4.78 is 10.1. The van der Waals surface area contributed by atoms with Gasteiger partial charge in [0.05, 0.1) is 25.9 Å². The Labute approximate surface area is 103 Å². The van der Waals surface area contributed by atoms with Crippen molar-refractivity contribution in [2.75, 3.05) is 26.9 Å². The highest BCUT2D eigenvalue weighted by molar-refractivity contribution is 5.81. The van der Waals surface area contributed by atoms with Crippen molar-refractivity contribution in [1.29, 1.82) is 0 Å². The normalized spacial score (nSPS) is 27.1. The zero-order valence-electron chi connectivity index (χ0n) is 10.9. The molecule has 1 rings (SSSR count). The van der Waals surface area contributed by atoms with Gasteiger partial charge in [0.15, 0.2) is 0 Å². The maximum atomic E-state index is 11.7. The van der Waals surface area contributed by atoms with Gasteiger partial charge in [-0.05, 0) is 25.2 Å². The Hall–Kier alpha value is -0.450. The zero-order chi connectivity index (χ0) is 12.7. The molecule has 0 spiro atoms. The van der Waals surface area contributed by atoms with Crippen molar-refractivity contribution in [2.24, 2.45) is 11.8 Å². The Kier molecular flexibility index (Phi) is 6.70. The summed E-state index contributed by atoms with van der Waals surface area (Å²) in [5.74, 6) is 0.929. The lowest BCUT2D eigenvalue weighted by Crippen LogP contribution is -2.29. The Morgan fingerprint density at radius 1 is 1.47 bits per heavy atom. The van der Waals surface area contributed by atoms with E-state index in [0.717, 1.165) is 12.8 Å². The lowest BCUT2D eigenvalue weighted by atomic mass is 9.79. The van der Waals surface area contributed by atoms with Gasteiger partial charge in [0, 0.05) is 19.4 Å². The standard InChI is InChI=1S/C13H24O4/c1-10-3-4-13(15)11(7-10)8-12(14)9-17-6-5-16-2/h10-12,14H,3-9H2,1-2H3. The third-order valence-electron chi connectivity index (χ3n) is 3.32. The summed E-state index contributed by atoms with van der Waals surface area (Å²) in [5, 5.41) is 9.79. The highest BCUT2D eigenvalue weighted by atomic mass is 16.5. The van der Waals surface area contributed by atoms with Crippen LogP contribution in [-0.4, -0.2) is 43.9 Å². The summed E-state index contributed by atoms with van der Waals surface area (Å²) in [6, 6.07) is 0. The topological polar surface area (TPSA) is 55.8 Å². The van der Waals surface area contributed by atoms with E-state index in [1.165, 1.54) is 0 Å². The van der Waals surface area contributed by atoms with Crippen molar-refractivity contribution in [2.45, 2.75) is 38.7 Å². The van der Waals surface area contributed by atoms with Gasteiger partial charge in [-0.25, -0.2) is 0 Å². The molecule has 0 bridgehead atoms. The maximum absolute atomic E-state index is 11.7. The molecule has 0 amide bonds. The van der Waals surface area contributed by atoms with E-state index in [9.17, 15) is 9.90 Å². The minimum atomic E-state index is -0.536. The van der Waals surface area contributed by atoms with Crippen LogP contribution in [0.3, 0.4) is 0 Å². The summed E-state index contributed by atoms with van der Waals surface area (Å²) in [6.45, 7) is 3.48. The molecule has 0 saturated heterocycles. The third-order valence-corrected chi connectivity index (χ3v) is 3.32. The zero-order valence-corrected chi connectivity index (χ0v) is 10.9. The highest BCUT2D eigenvalue weighted by Gasteiger charge is 2.28. The van der Waals surface area contributed by atoms with E-state index in [-0.39, 0.29) is 5.92 Å². The average molecular weight is 244 g/mol. The first kappa shape index (κ1) is 14.6. The monoisotopic (exact) mass is 244 g/mol. The molecule has 3 atom stereocenters. The molecule has 1 aliphatic carbocycles. The maximum Gasteiger partial charge on any atom is 0.136 e. The molecule has 4 nitrogen and oxygen atoms in total. The number of ether oxygens (including phenoxy) is 2. The van der Waals surface area contributed by atoms with E-state index < -0.39 is 6.10 Å². The van der Waals surface area contributed by atoms with Gasteiger partial charge in [-0.2, -0.15) is 0 Å². The first-order valence-electron chi connectivity index (χ1n) is 6.41. The number of carbonyl (C=O) groups excluding carboxylic acids is 1. The second kappa shape index (κ2) is 7.80. The Morgan fingerprint density at radius 2 is 2.24 bits per heavy atom. The number of ketones is 1. The smallest absolute Gasteiger partial charge is 0.136 e. The number of aliphatic hydroxyl groups excluding tert-OH is 1. The molecule has 1 aliphatic rings. The van der Waals surface area contributed by atoms with Crippen molar-refractivity contribution in [1.82, 2.24) is 0 Å². The lowest BCUT2D eigenvalue weighted by Gasteiger charge is -2.27. The van der Waals surface area contributed by atoms with Gasteiger partial charge in [-0.3, -0.25) is 4.79 Å². The molecule has 1 N–H and O–H groups in total. The van der Waals surface area contributed by atoms with Crippen LogP contribution in [-0.2, 0) is 14.3 Å². The molecule has 17 heavy (non-hydrogen) atoms. The van der Waals surface area contributed by atoms with Crippen LogP contribution in [0.2, 0.25) is 0 Å². The molecule has 0 radical (unpaired) electrons. The van der Waals surface area contributed by atoms with Crippen LogP contribution in [0.15, 0.2) is 0 Å². The van der Waals surface area contributed by atoms with Crippen LogP contribution in [0, 0.1) is 11.8 Å². The van der Waals surface area contributed by atoms with Crippen LogP contribution in [0.25, 0.3) is 0 Å². The van der Waals surface area contributed by atoms with Gasteiger partial charge in [0.25, 0.3) is 0 Å². The molecule has 0 aromatic heterocycles. The number of hydrogen-bond donors (Lipinski definition) is 1. The second-order valence-electron chi connectivity index (χ2n) is 5.00. The molecule has 0 aromatic carbocycles. The lowest BCUT2D eigenvalue weighted by molar-refractivity contribution is -0.127. The minimum absolute atomic E-state index is 0.0276. The van der Waals surface area contributed by atoms with E-state index >= 15 is 0 Å². The van der Waals surface area contributed by atoms with Gasteiger partial charge in [0.1, 0.15) is 5.78 Å². The SMILES string of the molecule is COCCOCC(O)CC1CC(C)CCC1=O. The minimum Gasteiger partial charge on any atom is -0.391 e. The van der Waals surface area contributed by atoms with Crippen LogP contribution < -0.4 is 0 Å². The van der Waals surface area contributed by atoms with Gasteiger partial charge < -0.3 is 14.6 Å². The van der Waals surface area contributed by atoms with Crippen molar-refractivity contribution in [3.05, 3.63) is 0 Å². The van der Waals surface area contributed by atoms with E-state index in [4.69, 9.17) is 9.47 Å². The molecule has 0 aromatic rings. The van der Waals surface area contributed by atoms with Crippen LogP contribution >= 0.6 is 0 Å². The fraction of sp³-hybridized carbons (Fsp3) is 0.923. The number of Topliss-reactive ketones (excluding diaryl/α,β-unsaturated/α-hetero) is 1. The molecule has 4 heteroatoms. The summed E-state index contributed by atoms with van der Waals surface area (Å²) >= 11 is 0. The summed E-state index contributed by atoms with van der Waals surface area (Å²) in [6.07, 6.45) is 2.58. The molecular weight excluding hydrogens is 220 g/mol. The summed E-state index contributed by atoms with van der Waals surface area (Å²) in [7, 11) is 1.61. The molecule has 1 saturated carbocycles. The fourth-order valence-electron chi connectivity index (χ4n) is 2.31. The van der Waals surface area contributed by atoms with E-state index in [1.807, 2.05) is 0 Å². The number of aliphatic hydroxyl groups is 1. The summed E-state index contributed by atoms with van der Waals surface area (Å²) in [4.78, 5) is 11.7. The first-order valence-corrected chi connectivity index (χ1v) is 6.41. The van der Waals surface area contributed by atoms with Crippen LogP contribution in [0.4, 0.5) is 0 Å². The number of hydrogen-bond acceptors (Lipinski definition) is 4. The molecule has 3 unspecified atom stereocenters. The van der Waals surface area contributed by atoms with Gasteiger partial charge in [0.2, 0.25) is 0 Å². The molecule has 100 valence electrons. The number of carbonyl (C=O) groups is 1. The molecular formula is C13H24O4. The van der Waals surface area contributed by atoms with E-state index in [0.29, 0.717) is 44.4 Å². The predicted octanol–water partition coefficient (Wildman–Crippen LogP) is 1.41. The Balaban J connectivity index is 2.19. The van der Waals surface area contributed by atoms with E-state index in [1.54, 1.807) is 7.11 Å². The van der Waals surface area contributed by atoms with Crippen molar-refractivity contribution >= 4 is 5.78 Å². The molecule has 0 aliphatic heterocycles. The Morgan fingerprint density at radius 3 is 2.94 bits per heavy atom. The first-order chi connectivity index (χ1) is 8.13. The molecule has 0 heterocycles. The highest BCUT2D eigenvalue weighted by Crippen LogP contribution is 2.28. The van der Waals surface area contributed by atoms with Gasteiger partial charge in [-0.15, -0.1) is 0 Å². The predicted molar refractivity (Wildman–Crippen MR) is 64.8 cm³/mol. The van der Waals surface area contributed by atoms with Gasteiger partial charge in [-0.1, -0.05) is 6.92 Å². The van der Waals surface area contributed by atoms with Crippen LogP contribution in [0.5, 0.6) is 0 Å². The largest absolute Gasteiger partial charge is 0.391 e. The van der Waals surface area contributed by atoms with Crippen molar-refractivity contribution in [3.63, 3.8) is 0 Å². The molecule has 1 fully saturated rings. The van der Waals surface area contributed by atoms with Crippen molar-refractivity contribution in [3.8, 4) is 0 Å². The van der Waals surface area contributed by atoms with Crippen LogP contribution in [0.1, 0.15) is 32.6 Å². The quantitative estimate of drug-likeness (QED) is 0.688. The number of rotatable bonds is 7. The Bertz CT molecular complexity index is 229. The van der Waals surface area contributed by atoms with Crippen molar-refractivity contribution < 1.29 is 19.4 Å². The fourth-order valence-corrected chi connectivity index (χ4v) is 2.31. The average Bonchev–Trinajstić information content (AvgIpc) is 2.29. The summed E-state index contributed by atoms with van der Waals surface area (Å²) in [5.41, 5.74) is 0. The number of methoxy groups -OCH3 is 1. The van der Waals surface area contributed by atoms with E-state index in [2.05, 4.69) is 6.92 Å². The van der Waals surface area contributed by atoms with Gasteiger partial charge >= 0.3 is 0 Å². The third kappa shape index (κ3) is 5.61. The second-order valence-corrected chi connectivity index (χ2v) is 5.00.